The fourth-order valence-electron chi connectivity index (χ4n) is 7.35. The Morgan fingerprint density at radius 3 is 2.09 bits per heavy atom. The highest BCUT2D eigenvalue weighted by Gasteiger charge is 2.20. The fraction of sp³-hybridized carbons (Fsp3) is 0. The zero-order chi connectivity index (χ0) is 31.1. The quantitative estimate of drug-likeness (QED) is 0.189. The van der Waals surface area contributed by atoms with E-state index in [1.165, 1.54) is 0 Å². The molecule has 10 aromatic rings. The van der Waals surface area contributed by atoms with Crippen LogP contribution in [0.3, 0.4) is 0 Å². The first-order chi connectivity index (χ1) is 23.3. The number of rotatable bonds is 3. The normalized spacial score (nSPS) is 11.8. The Morgan fingerprint density at radius 1 is 0.532 bits per heavy atom. The third-order valence-corrected chi connectivity index (χ3v) is 9.36. The Bertz CT molecular complexity index is 2930. The molecular formula is C42H24N4O. The van der Waals surface area contributed by atoms with Gasteiger partial charge >= 0.3 is 0 Å². The van der Waals surface area contributed by atoms with E-state index in [0.29, 0.717) is 5.69 Å². The highest BCUT2D eigenvalue weighted by atomic mass is 16.3. The van der Waals surface area contributed by atoms with E-state index in [-0.39, 0.29) is 0 Å². The molecule has 0 saturated carbocycles. The number of hydrogen-bond acceptors (Lipinski definition) is 2. The average Bonchev–Trinajstić information content (AvgIpc) is 3.79. The SMILES string of the molecule is [C-]#[N+]c1ccc2c(c1)c1ccccc1n2-c1cccc(-c2cccc(-n3c4ncccc4c4ccc5oc6ccccc6c5c43)c2)c1. The zero-order valence-corrected chi connectivity index (χ0v) is 25.1. The number of furan rings is 1. The summed E-state index contributed by atoms with van der Waals surface area (Å²) in [4.78, 5) is 8.59. The summed E-state index contributed by atoms with van der Waals surface area (Å²) in [5.41, 5.74) is 10.9. The largest absolute Gasteiger partial charge is 0.456 e. The summed E-state index contributed by atoms with van der Waals surface area (Å²) in [6.07, 6.45) is 1.86. The first-order valence-corrected chi connectivity index (χ1v) is 15.6. The molecule has 0 fully saturated rings. The zero-order valence-electron chi connectivity index (χ0n) is 25.1. The lowest BCUT2D eigenvalue weighted by molar-refractivity contribution is 0.669. The topological polar surface area (TPSA) is 40.2 Å². The summed E-state index contributed by atoms with van der Waals surface area (Å²) in [5, 5.41) is 6.66. The Kier molecular flexibility index (Phi) is 5.28. The Morgan fingerprint density at radius 2 is 1.26 bits per heavy atom. The molecule has 0 unspecified atom stereocenters. The molecular weight excluding hydrogens is 576 g/mol. The van der Waals surface area contributed by atoms with E-state index in [1.54, 1.807) is 0 Å². The molecule has 0 aliphatic carbocycles. The van der Waals surface area contributed by atoms with Crippen LogP contribution in [0, 0.1) is 6.57 Å². The van der Waals surface area contributed by atoms with Crippen LogP contribution in [0.1, 0.15) is 0 Å². The van der Waals surface area contributed by atoms with E-state index in [0.717, 1.165) is 88.2 Å². The molecule has 6 aromatic carbocycles. The van der Waals surface area contributed by atoms with E-state index in [4.69, 9.17) is 16.0 Å². The number of hydrogen-bond donors (Lipinski definition) is 0. The molecule has 5 heteroatoms. The highest BCUT2D eigenvalue weighted by Crippen LogP contribution is 2.41. The van der Waals surface area contributed by atoms with Crippen LogP contribution in [0.4, 0.5) is 5.69 Å². The van der Waals surface area contributed by atoms with E-state index in [9.17, 15) is 0 Å². The van der Waals surface area contributed by atoms with Gasteiger partial charge in [-0.15, -0.1) is 0 Å². The van der Waals surface area contributed by atoms with Crippen LogP contribution < -0.4 is 0 Å². The van der Waals surface area contributed by atoms with Crippen molar-refractivity contribution >= 4 is 71.4 Å². The van der Waals surface area contributed by atoms with Crippen LogP contribution in [0.15, 0.2) is 150 Å². The number of benzene rings is 6. The van der Waals surface area contributed by atoms with Gasteiger partial charge in [0.05, 0.1) is 28.5 Å². The lowest BCUT2D eigenvalue weighted by Crippen LogP contribution is -1.97. The fourth-order valence-corrected chi connectivity index (χ4v) is 7.35. The molecule has 0 N–H and O–H groups in total. The van der Waals surface area contributed by atoms with Crippen molar-refractivity contribution < 1.29 is 4.42 Å². The number of para-hydroxylation sites is 2. The number of aromatic nitrogens is 3. The maximum Gasteiger partial charge on any atom is 0.188 e. The third kappa shape index (κ3) is 3.67. The van der Waals surface area contributed by atoms with Crippen molar-refractivity contribution in [1.82, 2.24) is 14.1 Å². The minimum absolute atomic E-state index is 0.645. The molecule has 0 bridgehead atoms. The standard InChI is InChI=1S/C42H24N4O/c1-43-28-18-20-37-35(25-28)31-13-2-4-16-36(31)45(37)29-11-6-9-26(23-29)27-10-7-12-30(24-27)46-41-32(33-15-8-22-44-42(33)46)19-21-39-40(41)34-14-3-5-17-38(34)47-39/h2-25H. The van der Waals surface area contributed by atoms with Crippen LogP contribution >= 0.6 is 0 Å². The average molecular weight is 601 g/mol. The maximum absolute atomic E-state index is 7.55. The summed E-state index contributed by atoms with van der Waals surface area (Å²) in [6, 6.07) is 48.4. The van der Waals surface area contributed by atoms with Crippen molar-refractivity contribution in [3.63, 3.8) is 0 Å². The van der Waals surface area contributed by atoms with Crippen molar-refractivity contribution in [2.24, 2.45) is 0 Å². The summed E-state index contributed by atoms with van der Waals surface area (Å²) in [5.74, 6) is 0. The van der Waals surface area contributed by atoms with Gasteiger partial charge in [0.1, 0.15) is 16.8 Å². The molecule has 0 saturated heterocycles. The molecule has 0 radical (unpaired) electrons. The van der Waals surface area contributed by atoms with E-state index >= 15 is 0 Å². The van der Waals surface area contributed by atoms with Crippen molar-refractivity contribution in [3.8, 4) is 22.5 Å². The van der Waals surface area contributed by atoms with Gasteiger partial charge < -0.3 is 8.98 Å². The van der Waals surface area contributed by atoms with E-state index < -0.39 is 0 Å². The smallest absolute Gasteiger partial charge is 0.188 e. The van der Waals surface area contributed by atoms with Gasteiger partial charge in [-0.3, -0.25) is 4.57 Å². The van der Waals surface area contributed by atoms with Crippen molar-refractivity contribution in [1.29, 1.82) is 0 Å². The minimum atomic E-state index is 0.645. The summed E-state index contributed by atoms with van der Waals surface area (Å²) in [6.45, 7) is 7.55. The van der Waals surface area contributed by atoms with Gasteiger partial charge in [-0.1, -0.05) is 66.7 Å². The summed E-state index contributed by atoms with van der Waals surface area (Å²) >= 11 is 0. The number of pyridine rings is 1. The van der Waals surface area contributed by atoms with Gasteiger partial charge in [0.2, 0.25) is 0 Å². The highest BCUT2D eigenvalue weighted by molar-refractivity contribution is 6.24. The van der Waals surface area contributed by atoms with Gasteiger partial charge in [-0.2, -0.15) is 0 Å². The Hall–Kier alpha value is -6.64. The lowest BCUT2D eigenvalue weighted by Gasteiger charge is -2.12. The van der Waals surface area contributed by atoms with Gasteiger partial charge in [-0.05, 0) is 89.3 Å². The Balaban J connectivity index is 1.20. The summed E-state index contributed by atoms with van der Waals surface area (Å²) in [7, 11) is 0. The molecule has 218 valence electrons. The van der Waals surface area contributed by atoms with Gasteiger partial charge in [-0.25, -0.2) is 9.83 Å². The molecule has 4 aromatic heterocycles. The monoisotopic (exact) mass is 600 g/mol. The first kappa shape index (κ1) is 25.7. The van der Waals surface area contributed by atoms with Gasteiger partial charge in [0.15, 0.2) is 5.69 Å². The van der Waals surface area contributed by atoms with Crippen LogP contribution in [0.25, 0.3) is 93.0 Å². The molecule has 5 nitrogen and oxygen atoms in total. The second-order valence-electron chi connectivity index (χ2n) is 11.9. The molecule has 4 heterocycles. The Labute approximate surface area is 269 Å². The van der Waals surface area contributed by atoms with Gasteiger partial charge in [0.25, 0.3) is 0 Å². The van der Waals surface area contributed by atoms with Gasteiger partial charge in [0, 0.05) is 39.1 Å². The van der Waals surface area contributed by atoms with Crippen molar-refractivity contribution in [3.05, 3.63) is 157 Å². The van der Waals surface area contributed by atoms with Crippen molar-refractivity contribution in [2.45, 2.75) is 0 Å². The lowest BCUT2D eigenvalue weighted by atomic mass is 10.0. The minimum Gasteiger partial charge on any atom is -0.456 e. The maximum atomic E-state index is 7.55. The molecule has 0 aliphatic rings. The van der Waals surface area contributed by atoms with Crippen LogP contribution in [-0.4, -0.2) is 14.1 Å². The van der Waals surface area contributed by atoms with Crippen LogP contribution in [-0.2, 0) is 0 Å². The summed E-state index contributed by atoms with van der Waals surface area (Å²) < 4.78 is 10.9. The van der Waals surface area contributed by atoms with E-state index in [1.807, 2.05) is 36.5 Å². The number of nitrogens with zero attached hydrogens (tertiary/aromatic N) is 4. The molecule has 0 amide bonds. The molecule has 0 aliphatic heterocycles. The van der Waals surface area contributed by atoms with Crippen LogP contribution in [0.2, 0.25) is 0 Å². The second kappa shape index (κ2) is 9.68. The van der Waals surface area contributed by atoms with Crippen molar-refractivity contribution in [2.75, 3.05) is 0 Å². The number of fused-ring (bicyclic) bond motifs is 10. The predicted octanol–water partition coefficient (Wildman–Crippen LogP) is 11.4. The predicted molar refractivity (Wildman–Crippen MR) is 192 cm³/mol. The van der Waals surface area contributed by atoms with E-state index in [2.05, 4.69) is 123 Å². The second-order valence-corrected chi connectivity index (χ2v) is 11.9. The molecule has 47 heavy (non-hydrogen) atoms. The first-order valence-electron chi connectivity index (χ1n) is 15.6. The molecule has 0 spiro atoms. The third-order valence-electron chi connectivity index (χ3n) is 9.36. The molecule has 10 rings (SSSR count). The molecule has 0 atom stereocenters. The van der Waals surface area contributed by atoms with Crippen LogP contribution in [0.5, 0.6) is 0 Å².